The van der Waals surface area contributed by atoms with Crippen molar-refractivity contribution in [1.82, 2.24) is 9.21 Å². The molecule has 0 radical (unpaired) electrons. The molecule has 0 aliphatic carbocycles. The Morgan fingerprint density at radius 1 is 1.22 bits per heavy atom. The molecule has 1 saturated heterocycles. The molecule has 1 fully saturated rings. The molecule has 1 heterocycles. The first kappa shape index (κ1) is 21.7. The predicted molar refractivity (Wildman–Crippen MR) is 107 cm³/mol. The number of likely N-dealkylation sites (tertiary alicyclic amines) is 1. The Balaban J connectivity index is 1.74. The second-order valence-electron chi connectivity index (χ2n) is 7.35. The Morgan fingerprint density at radius 2 is 1.81 bits per heavy atom. The lowest BCUT2D eigenvalue weighted by Gasteiger charge is -2.36. The van der Waals surface area contributed by atoms with E-state index in [-0.39, 0.29) is 17.7 Å². The molecule has 27 heavy (non-hydrogen) atoms. The monoisotopic (exact) mass is 396 g/mol. The Bertz CT molecular complexity index is 708. The van der Waals surface area contributed by atoms with Crippen molar-refractivity contribution in [3.8, 4) is 5.75 Å². The van der Waals surface area contributed by atoms with Crippen LogP contribution < -0.4 is 4.74 Å². The van der Waals surface area contributed by atoms with Crippen LogP contribution in [0.1, 0.15) is 51.5 Å². The summed E-state index contributed by atoms with van der Waals surface area (Å²) in [5.41, 5.74) is 1.26. The Kier molecular flexibility index (Phi) is 7.68. The molecule has 1 aliphatic heterocycles. The molecule has 6 nitrogen and oxygen atoms in total. The van der Waals surface area contributed by atoms with E-state index in [0.717, 1.165) is 5.75 Å². The summed E-state index contributed by atoms with van der Waals surface area (Å²) >= 11 is 0. The highest BCUT2D eigenvalue weighted by molar-refractivity contribution is 7.89. The topological polar surface area (TPSA) is 66.9 Å². The maximum Gasteiger partial charge on any atom is 0.225 e. The third kappa shape index (κ3) is 5.94. The number of carbonyl (C=O) groups is 1. The van der Waals surface area contributed by atoms with Crippen LogP contribution in [0.5, 0.6) is 5.75 Å². The Hall–Kier alpha value is -1.60. The van der Waals surface area contributed by atoms with Crippen LogP contribution in [0, 0.1) is 0 Å². The van der Waals surface area contributed by atoms with Gasteiger partial charge in [-0.3, -0.25) is 4.79 Å². The fourth-order valence-electron chi connectivity index (χ4n) is 3.27. The summed E-state index contributed by atoms with van der Waals surface area (Å²) in [6.45, 7) is 7.48. The molecule has 1 aliphatic rings. The minimum Gasteiger partial charge on any atom is -0.493 e. The highest BCUT2D eigenvalue weighted by atomic mass is 32.2. The number of carbonyl (C=O) groups excluding carboxylic acids is 1. The highest BCUT2D eigenvalue weighted by Crippen LogP contribution is 2.20. The molecule has 0 N–H and O–H groups in total. The molecule has 0 aromatic heterocycles. The Labute approximate surface area is 163 Å². The van der Waals surface area contributed by atoms with Gasteiger partial charge >= 0.3 is 0 Å². The maximum atomic E-state index is 12.4. The average Bonchev–Trinajstić information content (AvgIpc) is 2.67. The van der Waals surface area contributed by atoms with E-state index < -0.39 is 10.0 Å². The van der Waals surface area contributed by atoms with Crippen molar-refractivity contribution in [1.29, 1.82) is 0 Å². The average molecular weight is 397 g/mol. The van der Waals surface area contributed by atoms with Gasteiger partial charge in [0.2, 0.25) is 15.9 Å². The molecule has 0 spiro atoms. The van der Waals surface area contributed by atoms with Crippen molar-refractivity contribution in [3.05, 3.63) is 29.8 Å². The van der Waals surface area contributed by atoms with Crippen molar-refractivity contribution in [2.75, 3.05) is 32.5 Å². The first-order chi connectivity index (χ1) is 12.7. The molecular formula is C20H32N2O4S. The number of nitrogens with zero attached hydrogens (tertiary/aromatic N) is 2. The largest absolute Gasteiger partial charge is 0.493 e. The van der Waals surface area contributed by atoms with E-state index in [1.165, 1.54) is 9.87 Å². The normalized spacial score (nSPS) is 16.1. The van der Waals surface area contributed by atoms with E-state index in [9.17, 15) is 13.2 Å². The van der Waals surface area contributed by atoms with Crippen molar-refractivity contribution in [2.24, 2.45) is 0 Å². The number of ether oxygens (including phenoxy) is 1. The molecule has 7 heteroatoms. The summed E-state index contributed by atoms with van der Waals surface area (Å²) in [4.78, 5) is 14.2. The van der Waals surface area contributed by atoms with Crippen LogP contribution in [0.25, 0.3) is 0 Å². The number of benzene rings is 1. The summed E-state index contributed by atoms with van der Waals surface area (Å²) in [7, 11) is -1.54. The van der Waals surface area contributed by atoms with E-state index in [0.29, 0.717) is 44.9 Å². The number of amides is 1. The van der Waals surface area contributed by atoms with Gasteiger partial charge in [0, 0.05) is 26.2 Å². The molecule has 152 valence electrons. The fourth-order valence-corrected chi connectivity index (χ4v) is 4.35. The quantitative estimate of drug-likeness (QED) is 0.678. The first-order valence-electron chi connectivity index (χ1n) is 9.70. The van der Waals surface area contributed by atoms with Gasteiger partial charge in [-0.15, -0.1) is 0 Å². The predicted octanol–water partition coefficient (Wildman–Crippen LogP) is 2.85. The lowest BCUT2D eigenvalue weighted by Crippen LogP contribution is -2.47. The van der Waals surface area contributed by atoms with Gasteiger partial charge in [-0.25, -0.2) is 12.7 Å². The van der Waals surface area contributed by atoms with Crippen LogP contribution in [0.3, 0.4) is 0 Å². The van der Waals surface area contributed by atoms with Crippen LogP contribution in [-0.2, 0) is 14.8 Å². The minimum absolute atomic E-state index is 0.0188. The number of piperidine rings is 1. The maximum absolute atomic E-state index is 12.4. The van der Waals surface area contributed by atoms with Crippen molar-refractivity contribution in [3.63, 3.8) is 0 Å². The highest BCUT2D eigenvalue weighted by Gasteiger charge is 2.29. The zero-order valence-corrected chi connectivity index (χ0v) is 17.7. The van der Waals surface area contributed by atoms with Gasteiger partial charge in [0.25, 0.3) is 0 Å². The van der Waals surface area contributed by atoms with Crippen LogP contribution in [-0.4, -0.2) is 62.1 Å². The van der Waals surface area contributed by atoms with Gasteiger partial charge in [-0.1, -0.05) is 26.0 Å². The van der Waals surface area contributed by atoms with E-state index in [1.54, 1.807) is 14.0 Å². The van der Waals surface area contributed by atoms with Gasteiger partial charge in [-0.05, 0) is 43.4 Å². The molecule has 1 amide bonds. The number of hydrogen-bond donors (Lipinski definition) is 0. The second kappa shape index (κ2) is 9.55. The summed E-state index contributed by atoms with van der Waals surface area (Å²) in [5, 5.41) is 0. The third-order valence-electron chi connectivity index (χ3n) is 5.27. The van der Waals surface area contributed by atoms with Crippen LogP contribution in [0.4, 0.5) is 0 Å². The molecule has 0 unspecified atom stereocenters. The SMILES string of the molecule is CCS(=O)(=O)N(C)C1CCN(C(=O)CCOc2ccc(C(C)C)cc2)CC1. The summed E-state index contributed by atoms with van der Waals surface area (Å²) in [5.74, 6) is 1.43. The Morgan fingerprint density at radius 3 is 2.33 bits per heavy atom. The number of rotatable bonds is 8. The molecule has 0 atom stereocenters. The van der Waals surface area contributed by atoms with Crippen molar-refractivity contribution >= 4 is 15.9 Å². The van der Waals surface area contributed by atoms with Gasteiger partial charge in [-0.2, -0.15) is 0 Å². The van der Waals surface area contributed by atoms with Crippen LogP contribution in [0.15, 0.2) is 24.3 Å². The van der Waals surface area contributed by atoms with Gasteiger partial charge in [0.05, 0.1) is 18.8 Å². The lowest BCUT2D eigenvalue weighted by atomic mass is 10.0. The molecule has 0 bridgehead atoms. The molecule has 1 aromatic carbocycles. The van der Waals surface area contributed by atoms with E-state index in [1.807, 2.05) is 29.2 Å². The smallest absolute Gasteiger partial charge is 0.225 e. The van der Waals surface area contributed by atoms with Gasteiger partial charge < -0.3 is 9.64 Å². The number of hydrogen-bond acceptors (Lipinski definition) is 4. The fraction of sp³-hybridized carbons (Fsp3) is 0.650. The minimum atomic E-state index is -3.18. The summed E-state index contributed by atoms with van der Waals surface area (Å²) in [6, 6.07) is 7.96. The van der Waals surface area contributed by atoms with E-state index in [4.69, 9.17) is 4.74 Å². The van der Waals surface area contributed by atoms with Gasteiger partial charge in [0.15, 0.2) is 0 Å². The zero-order valence-electron chi connectivity index (χ0n) is 16.8. The number of sulfonamides is 1. The molecular weight excluding hydrogens is 364 g/mol. The third-order valence-corrected chi connectivity index (χ3v) is 7.17. The molecule has 0 saturated carbocycles. The second-order valence-corrected chi connectivity index (χ2v) is 9.67. The standard InChI is InChI=1S/C20H32N2O4S/c1-5-27(24,25)21(4)18-10-13-22(14-11-18)20(23)12-15-26-19-8-6-17(7-9-19)16(2)3/h6-9,16,18H,5,10-15H2,1-4H3. The molecule has 1 aromatic rings. The summed E-state index contributed by atoms with van der Waals surface area (Å²) in [6.07, 6.45) is 1.69. The van der Waals surface area contributed by atoms with Gasteiger partial charge in [0.1, 0.15) is 5.75 Å². The van der Waals surface area contributed by atoms with Crippen molar-refractivity contribution in [2.45, 2.75) is 52.0 Å². The summed E-state index contributed by atoms with van der Waals surface area (Å²) < 4.78 is 31.1. The molecule has 2 rings (SSSR count). The van der Waals surface area contributed by atoms with E-state index in [2.05, 4.69) is 13.8 Å². The van der Waals surface area contributed by atoms with Crippen LogP contribution in [0.2, 0.25) is 0 Å². The zero-order chi connectivity index (χ0) is 20.0. The van der Waals surface area contributed by atoms with E-state index >= 15 is 0 Å². The lowest BCUT2D eigenvalue weighted by molar-refractivity contribution is -0.133. The first-order valence-corrected chi connectivity index (χ1v) is 11.3. The van der Waals surface area contributed by atoms with Crippen molar-refractivity contribution < 1.29 is 17.9 Å². The van der Waals surface area contributed by atoms with Crippen LogP contribution >= 0.6 is 0 Å².